The molecule has 0 saturated carbocycles. The van der Waals surface area contributed by atoms with Crippen LogP contribution in [0.25, 0.3) is 5.69 Å². The first-order valence-electron chi connectivity index (χ1n) is 11.4. The average Bonchev–Trinajstić information content (AvgIpc) is 3.40. The number of anilines is 3. The number of fused-ring (bicyclic) bond motifs is 1. The molecule has 4 heterocycles. The van der Waals surface area contributed by atoms with Crippen LogP contribution in [0.4, 0.5) is 26.2 Å². The molecule has 186 valence electrons. The summed E-state index contributed by atoms with van der Waals surface area (Å²) in [6.45, 7) is 5.54. The molecule has 3 aromatic rings. The molecule has 0 bridgehead atoms. The summed E-state index contributed by atoms with van der Waals surface area (Å²) in [5, 5.41) is 13.5. The van der Waals surface area contributed by atoms with Crippen LogP contribution in [0.15, 0.2) is 27.6 Å². The summed E-state index contributed by atoms with van der Waals surface area (Å²) in [6, 6.07) is 3.10. The smallest absolute Gasteiger partial charge is 0.365 e. The molecule has 0 radical (unpaired) electrons. The Morgan fingerprint density at radius 1 is 1.20 bits per heavy atom. The highest BCUT2D eigenvalue weighted by molar-refractivity contribution is 9.10. The molecule has 2 aromatic heterocycles. The van der Waals surface area contributed by atoms with Crippen molar-refractivity contribution in [2.24, 2.45) is 7.05 Å². The predicted octanol–water partition coefficient (Wildman–Crippen LogP) is 3.36. The van der Waals surface area contributed by atoms with Crippen LogP contribution < -0.4 is 16.3 Å². The number of benzene rings is 1. The van der Waals surface area contributed by atoms with E-state index in [1.807, 2.05) is 0 Å². The van der Waals surface area contributed by atoms with Crippen molar-refractivity contribution in [2.75, 3.05) is 17.2 Å². The molecule has 0 amide bonds. The van der Waals surface area contributed by atoms with Crippen LogP contribution in [0.2, 0.25) is 0 Å². The maximum Gasteiger partial charge on any atom is 0.368 e. The molecule has 2 fully saturated rings. The first kappa shape index (κ1) is 23.8. The molecule has 0 aliphatic carbocycles. The zero-order chi connectivity index (χ0) is 24.9. The molecule has 0 unspecified atom stereocenters. The third-order valence-electron chi connectivity index (χ3n) is 6.77. The predicted molar refractivity (Wildman–Crippen MR) is 130 cm³/mol. The Labute approximate surface area is 208 Å². The highest BCUT2D eigenvalue weighted by atomic mass is 79.9. The normalized spacial score (nSPS) is 21.7. The number of nitrogens with zero attached hydrogens (tertiary/aromatic N) is 7. The van der Waals surface area contributed by atoms with E-state index in [0.717, 1.165) is 41.4 Å². The van der Waals surface area contributed by atoms with E-state index in [1.165, 1.54) is 25.6 Å². The number of rotatable bonds is 5. The van der Waals surface area contributed by atoms with Crippen molar-refractivity contribution in [3.05, 3.63) is 44.9 Å². The van der Waals surface area contributed by atoms with Gasteiger partial charge in [-0.1, -0.05) is 0 Å². The SMILES string of the molecule is Cn1nnn(-c2cc(Nc3ncc(F)c(N[C@@H]4C[C@@H]5CCCN5C(C)(C)C4)n3)c(F)cc2Br)c1=O. The number of nitrogens with one attached hydrogen (secondary N) is 2. The molecular weight excluding hydrogens is 524 g/mol. The third kappa shape index (κ3) is 4.54. The van der Waals surface area contributed by atoms with Gasteiger partial charge in [-0.2, -0.15) is 14.3 Å². The van der Waals surface area contributed by atoms with E-state index in [9.17, 15) is 13.6 Å². The highest BCUT2D eigenvalue weighted by Crippen LogP contribution is 2.38. The number of aromatic nitrogens is 6. The summed E-state index contributed by atoms with van der Waals surface area (Å²) in [4.78, 5) is 23.1. The van der Waals surface area contributed by atoms with Crippen molar-refractivity contribution in [1.29, 1.82) is 0 Å². The number of hydrogen-bond acceptors (Lipinski definition) is 8. The monoisotopic (exact) mass is 549 g/mol. The van der Waals surface area contributed by atoms with Gasteiger partial charge < -0.3 is 10.6 Å². The Bertz CT molecular complexity index is 1320. The van der Waals surface area contributed by atoms with E-state index in [1.54, 1.807) is 0 Å². The lowest BCUT2D eigenvalue weighted by atomic mass is 9.84. The van der Waals surface area contributed by atoms with Crippen LogP contribution >= 0.6 is 15.9 Å². The minimum atomic E-state index is -0.615. The van der Waals surface area contributed by atoms with E-state index >= 15 is 0 Å². The van der Waals surface area contributed by atoms with Gasteiger partial charge in [0.2, 0.25) is 5.95 Å². The summed E-state index contributed by atoms with van der Waals surface area (Å²) in [7, 11) is 1.46. The highest BCUT2D eigenvalue weighted by Gasteiger charge is 2.43. The Hall–Kier alpha value is -2.93. The molecule has 0 spiro atoms. The number of halogens is 3. The van der Waals surface area contributed by atoms with E-state index in [-0.39, 0.29) is 34.7 Å². The van der Waals surface area contributed by atoms with E-state index in [0.29, 0.717) is 10.5 Å². The summed E-state index contributed by atoms with van der Waals surface area (Å²) in [5.41, 5.74) is -0.211. The summed E-state index contributed by atoms with van der Waals surface area (Å²) < 4.78 is 31.8. The van der Waals surface area contributed by atoms with Gasteiger partial charge in [-0.05, 0) is 84.6 Å². The molecule has 35 heavy (non-hydrogen) atoms. The van der Waals surface area contributed by atoms with Crippen molar-refractivity contribution >= 4 is 33.4 Å². The van der Waals surface area contributed by atoms with Crippen molar-refractivity contribution in [2.45, 2.75) is 57.2 Å². The van der Waals surface area contributed by atoms with Crippen LogP contribution in [0.5, 0.6) is 0 Å². The van der Waals surface area contributed by atoms with Crippen LogP contribution in [-0.2, 0) is 7.05 Å². The van der Waals surface area contributed by atoms with Gasteiger partial charge in [-0.15, -0.1) is 0 Å². The largest absolute Gasteiger partial charge is 0.368 e. The third-order valence-corrected chi connectivity index (χ3v) is 7.41. The van der Waals surface area contributed by atoms with Crippen molar-refractivity contribution in [3.8, 4) is 5.69 Å². The van der Waals surface area contributed by atoms with Crippen LogP contribution in [0.1, 0.15) is 39.5 Å². The maximum absolute atomic E-state index is 14.7. The number of piperidine rings is 1. The van der Waals surface area contributed by atoms with Gasteiger partial charge in [0, 0.05) is 29.1 Å². The summed E-state index contributed by atoms with van der Waals surface area (Å²) in [6.07, 6.45) is 5.14. The molecule has 10 nitrogen and oxygen atoms in total. The summed E-state index contributed by atoms with van der Waals surface area (Å²) in [5.74, 6) is -1.11. The number of tetrazole rings is 1. The standard InChI is InChI=1S/C22H26BrF2N9O/c1-22(2)10-12(7-13-5-4-6-33(13)22)27-19-16(25)11-26-20(29-19)28-17-9-18(14(23)8-15(17)24)34-21(35)32(3)30-31-34/h8-9,11-13H,4-7,10H2,1-3H3,(H2,26,27,28,29)/t12-,13+/m1/s1. The van der Waals surface area contributed by atoms with Gasteiger partial charge in [0.1, 0.15) is 5.82 Å². The fourth-order valence-electron chi connectivity index (χ4n) is 5.22. The molecule has 2 atom stereocenters. The minimum absolute atomic E-state index is 0.00120. The average molecular weight is 550 g/mol. The van der Waals surface area contributed by atoms with Gasteiger partial charge in [0.15, 0.2) is 11.6 Å². The van der Waals surface area contributed by atoms with Gasteiger partial charge in [-0.3, -0.25) is 4.90 Å². The molecule has 2 N–H and O–H groups in total. The second kappa shape index (κ2) is 8.94. The number of aryl methyl sites for hydroxylation is 1. The molecule has 5 rings (SSSR count). The molecule has 2 saturated heterocycles. The molecular formula is C22H26BrF2N9O. The van der Waals surface area contributed by atoms with Gasteiger partial charge >= 0.3 is 5.69 Å². The van der Waals surface area contributed by atoms with Crippen molar-refractivity contribution in [3.63, 3.8) is 0 Å². The van der Waals surface area contributed by atoms with E-state index < -0.39 is 17.3 Å². The fourth-order valence-corrected chi connectivity index (χ4v) is 5.71. The molecule has 2 aliphatic heterocycles. The van der Waals surface area contributed by atoms with Crippen LogP contribution in [0, 0.1) is 11.6 Å². The Morgan fingerprint density at radius 2 is 2.00 bits per heavy atom. The minimum Gasteiger partial charge on any atom is -0.365 e. The van der Waals surface area contributed by atoms with Crippen molar-refractivity contribution in [1.82, 2.24) is 34.7 Å². The van der Waals surface area contributed by atoms with Crippen LogP contribution in [-0.4, -0.2) is 58.8 Å². The topological polar surface area (TPSA) is 106 Å². The first-order valence-corrected chi connectivity index (χ1v) is 12.2. The Balaban J connectivity index is 1.39. The zero-order valence-electron chi connectivity index (χ0n) is 19.6. The van der Waals surface area contributed by atoms with E-state index in [2.05, 4.69) is 65.7 Å². The fraction of sp³-hybridized carbons (Fsp3) is 0.500. The lowest BCUT2D eigenvalue weighted by Gasteiger charge is -2.47. The van der Waals surface area contributed by atoms with Crippen molar-refractivity contribution < 1.29 is 8.78 Å². The van der Waals surface area contributed by atoms with Gasteiger partial charge in [0.25, 0.3) is 0 Å². The second-order valence-corrected chi connectivity index (χ2v) is 10.5. The molecule has 1 aromatic carbocycles. The second-order valence-electron chi connectivity index (χ2n) is 9.68. The zero-order valence-corrected chi connectivity index (χ0v) is 21.2. The van der Waals surface area contributed by atoms with Gasteiger partial charge in [-0.25, -0.2) is 18.6 Å². The maximum atomic E-state index is 14.7. The van der Waals surface area contributed by atoms with Gasteiger partial charge in [0.05, 0.1) is 17.6 Å². The van der Waals surface area contributed by atoms with E-state index in [4.69, 9.17) is 0 Å². The quantitative estimate of drug-likeness (QED) is 0.499. The van der Waals surface area contributed by atoms with Crippen LogP contribution in [0.3, 0.4) is 0 Å². The lowest BCUT2D eigenvalue weighted by Crippen LogP contribution is -2.55. The summed E-state index contributed by atoms with van der Waals surface area (Å²) >= 11 is 3.25. The Kier molecular flexibility index (Phi) is 6.08. The number of hydrogen-bond donors (Lipinski definition) is 2. The first-order chi connectivity index (χ1) is 16.6. The molecule has 2 aliphatic rings. The lowest BCUT2D eigenvalue weighted by molar-refractivity contribution is 0.0500. The molecule has 13 heteroatoms. The Morgan fingerprint density at radius 3 is 2.74 bits per heavy atom.